The van der Waals surface area contributed by atoms with E-state index in [1.807, 2.05) is 60.7 Å². The molecule has 4 rings (SSSR count). The molecule has 2 aromatic carbocycles. The van der Waals surface area contributed by atoms with Gasteiger partial charge < -0.3 is 31.1 Å². The van der Waals surface area contributed by atoms with Crippen LogP contribution in [0.2, 0.25) is 10.3 Å². The second-order valence-corrected chi connectivity index (χ2v) is 13.2. The van der Waals surface area contributed by atoms with E-state index in [1.165, 1.54) is 0 Å². The van der Waals surface area contributed by atoms with Crippen LogP contribution in [0.4, 0.5) is 0 Å². The second-order valence-electron chi connectivity index (χ2n) is 12.5. The minimum atomic E-state index is 0. The molecular weight excluding hydrogens is 695 g/mol. The molecule has 0 atom stereocenters. The molecule has 0 amide bonds. The molecule has 0 radical (unpaired) electrons. The zero-order valence-corrected chi connectivity index (χ0v) is 33.5. The van der Waals surface area contributed by atoms with Gasteiger partial charge in [0.1, 0.15) is 0 Å². The summed E-state index contributed by atoms with van der Waals surface area (Å²) in [4.78, 5) is 16.2. The number of ether oxygens (including phenoxy) is 4. The van der Waals surface area contributed by atoms with E-state index in [4.69, 9.17) is 42.1 Å². The van der Waals surface area contributed by atoms with Gasteiger partial charge in [0, 0.05) is 11.8 Å². The van der Waals surface area contributed by atoms with Gasteiger partial charge in [-0.3, -0.25) is 0 Å². The second kappa shape index (κ2) is 29.1. The summed E-state index contributed by atoms with van der Waals surface area (Å²) in [6, 6.07) is 26.0. The van der Waals surface area contributed by atoms with Gasteiger partial charge in [-0.05, 0) is 59.7 Å². The number of hydrogen-bond acceptors (Lipinski definition) is 8. The molecule has 0 aliphatic rings. The van der Waals surface area contributed by atoms with E-state index in [0.29, 0.717) is 61.9 Å². The maximum Gasteiger partial charge on any atom is 4.00 e. The molecular formula is C38H54Cl2N4O4Ti. The molecule has 8 nitrogen and oxygen atoms in total. The van der Waals surface area contributed by atoms with Crippen LogP contribution in [-0.2, 0) is 21.7 Å². The summed E-state index contributed by atoms with van der Waals surface area (Å²) < 4.78 is 21.9. The minimum Gasteiger partial charge on any atom is -0.511 e. The van der Waals surface area contributed by atoms with Crippen LogP contribution in [0.3, 0.4) is 0 Å². The monoisotopic (exact) mass is 748 g/mol. The van der Waals surface area contributed by atoms with Crippen molar-refractivity contribution in [2.24, 2.45) is 23.7 Å². The third-order valence-electron chi connectivity index (χ3n) is 6.03. The fraction of sp³-hybridized carbons (Fsp3) is 0.526. The Morgan fingerprint density at radius 1 is 0.510 bits per heavy atom. The maximum absolute atomic E-state index is 5.87. The predicted molar refractivity (Wildman–Crippen MR) is 196 cm³/mol. The zero-order valence-electron chi connectivity index (χ0n) is 30.4. The molecule has 0 aliphatic carbocycles. The maximum atomic E-state index is 5.87. The Bertz CT molecular complexity index is 1090. The van der Waals surface area contributed by atoms with Crippen LogP contribution in [0.1, 0.15) is 81.1 Å². The topological polar surface area (TPSA) is 88.5 Å². The zero-order chi connectivity index (χ0) is 35.6. The number of rotatable bonds is 16. The van der Waals surface area contributed by atoms with Crippen molar-refractivity contribution in [3.63, 3.8) is 0 Å². The summed E-state index contributed by atoms with van der Waals surface area (Å²) in [5.41, 5.74) is 0. The predicted octanol–water partition coefficient (Wildman–Crippen LogP) is 10.4. The average Bonchev–Trinajstić information content (AvgIpc) is 3.77. The third-order valence-corrected chi connectivity index (χ3v) is 6.39. The Labute approximate surface area is 320 Å². The first-order valence-corrected chi connectivity index (χ1v) is 17.5. The molecule has 0 saturated carbocycles. The molecule has 2 heterocycles. The van der Waals surface area contributed by atoms with Crippen molar-refractivity contribution >= 4 is 23.2 Å². The van der Waals surface area contributed by atoms with Crippen molar-refractivity contribution in [3.8, 4) is 23.8 Å². The average molecular weight is 750 g/mol. The SMILES string of the molecule is CC(C)CCOc1[c-]c(Cl)nc(OCCC(C)C)n1.CC(C)CCOc1[c-]c(Cl)nc(OCCC(C)C)n1.[Ti+4].c1cc[cH-]c1.c1cc[cH-]c1. The molecule has 0 aliphatic heterocycles. The van der Waals surface area contributed by atoms with Crippen LogP contribution in [0.5, 0.6) is 23.8 Å². The Morgan fingerprint density at radius 2 is 0.796 bits per heavy atom. The molecule has 49 heavy (non-hydrogen) atoms. The van der Waals surface area contributed by atoms with Gasteiger partial charge >= 0.3 is 33.7 Å². The molecule has 0 N–H and O–H groups in total. The van der Waals surface area contributed by atoms with Gasteiger partial charge in [-0.2, -0.15) is 46.4 Å². The summed E-state index contributed by atoms with van der Waals surface area (Å²) in [6.07, 6.45) is 3.81. The van der Waals surface area contributed by atoms with Crippen LogP contribution in [0, 0.1) is 35.8 Å². The van der Waals surface area contributed by atoms with Crippen molar-refractivity contribution in [2.75, 3.05) is 26.4 Å². The largest absolute Gasteiger partial charge is 4.00 e. The third kappa shape index (κ3) is 27.8. The Hall–Kier alpha value is -2.65. The summed E-state index contributed by atoms with van der Waals surface area (Å²) in [6.45, 7) is 19.4. The molecule has 0 spiro atoms. The summed E-state index contributed by atoms with van der Waals surface area (Å²) in [5, 5.41) is 0.434. The van der Waals surface area contributed by atoms with E-state index in [1.54, 1.807) is 0 Å². The Morgan fingerprint density at radius 3 is 1.04 bits per heavy atom. The normalized spacial score (nSPS) is 10.2. The molecule has 4 aromatic rings. The van der Waals surface area contributed by atoms with Crippen LogP contribution in [0.25, 0.3) is 0 Å². The molecule has 0 fully saturated rings. The molecule has 0 saturated heterocycles. The van der Waals surface area contributed by atoms with E-state index < -0.39 is 0 Å². The van der Waals surface area contributed by atoms with Crippen LogP contribution < -0.4 is 18.9 Å². The first-order valence-electron chi connectivity index (χ1n) is 16.7. The fourth-order valence-corrected chi connectivity index (χ4v) is 3.45. The summed E-state index contributed by atoms with van der Waals surface area (Å²) in [7, 11) is 0. The minimum absolute atomic E-state index is 0. The summed E-state index contributed by atoms with van der Waals surface area (Å²) >= 11 is 11.7. The number of aromatic nitrogens is 4. The van der Waals surface area contributed by atoms with Crippen molar-refractivity contribution in [1.82, 2.24) is 19.9 Å². The van der Waals surface area contributed by atoms with Crippen molar-refractivity contribution in [2.45, 2.75) is 81.1 Å². The van der Waals surface area contributed by atoms with Gasteiger partial charge in [0.05, 0.1) is 26.4 Å². The van der Waals surface area contributed by atoms with Crippen molar-refractivity contribution < 1.29 is 40.7 Å². The van der Waals surface area contributed by atoms with Gasteiger partial charge in [0.2, 0.25) is 0 Å². The van der Waals surface area contributed by atoms with E-state index in [2.05, 4.69) is 87.5 Å². The van der Waals surface area contributed by atoms with Gasteiger partial charge in [0.15, 0.2) is 0 Å². The van der Waals surface area contributed by atoms with Gasteiger partial charge in [-0.25, -0.2) is 34.2 Å². The fourth-order valence-electron chi connectivity index (χ4n) is 3.14. The van der Waals surface area contributed by atoms with Crippen LogP contribution >= 0.6 is 23.2 Å². The molecule has 268 valence electrons. The Kier molecular flexibility index (Phi) is 27.5. The van der Waals surface area contributed by atoms with Gasteiger partial charge in [-0.15, -0.1) is 23.2 Å². The molecule has 0 bridgehead atoms. The first-order chi connectivity index (χ1) is 22.9. The smallest absolute Gasteiger partial charge is 0.511 e. The Balaban J connectivity index is 0.000000717. The summed E-state index contributed by atoms with van der Waals surface area (Å²) in [5.74, 6) is 3.01. The van der Waals surface area contributed by atoms with Crippen molar-refractivity contribution in [1.29, 1.82) is 0 Å². The van der Waals surface area contributed by atoms with Crippen LogP contribution in [0.15, 0.2) is 60.7 Å². The quantitative estimate of drug-likeness (QED) is 0.0636. The number of nitrogens with zero attached hydrogens (tertiary/aromatic N) is 4. The van der Waals surface area contributed by atoms with Crippen LogP contribution in [-0.4, -0.2) is 46.4 Å². The first kappa shape index (κ1) is 46.4. The molecule has 11 heteroatoms. The van der Waals surface area contributed by atoms with Gasteiger partial charge in [0.25, 0.3) is 0 Å². The molecule has 0 unspecified atom stereocenters. The standard InChI is InChI=1S/2C14H22ClN2O2.2C5H5.Ti/c2*1-10(2)5-7-18-13-9-12(15)16-14(17-13)19-8-6-11(3)4;2*1-2-4-5-3-1;/h2*10-11H,5-8H2,1-4H3;2*1-5H;/q4*-1;+4. The van der Waals surface area contributed by atoms with E-state index in [-0.39, 0.29) is 44.0 Å². The van der Waals surface area contributed by atoms with E-state index in [0.717, 1.165) is 25.7 Å². The number of halogens is 2. The van der Waals surface area contributed by atoms with Crippen molar-refractivity contribution in [3.05, 3.63) is 83.1 Å². The number of hydrogen-bond donors (Lipinski definition) is 0. The van der Waals surface area contributed by atoms with Gasteiger partial charge in [-0.1, -0.05) is 55.4 Å². The van der Waals surface area contributed by atoms with E-state index in [9.17, 15) is 0 Å². The van der Waals surface area contributed by atoms with E-state index >= 15 is 0 Å². The molecule has 2 aromatic heterocycles.